The third-order valence-electron chi connectivity index (χ3n) is 5.09. The van der Waals surface area contributed by atoms with Crippen LogP contribution in [0.4, 0.5) is 0 Å². The molecule has 5 nitrogen and oxygen atoms in total. The van der Waals surface area contributed by atoms with E-state index in [2.05, 4.69) is 11.6 Å². The van der Waals surface area contributed by atoms with Crippen LogP contribution in [0.3, 0.4) is 0 Å². The Kier molecular flexibility index (Phi) is 11.9. The van der Waals surface area contributed by atoms with Crippen molar-refractivity contribution in [2.75, 3.05) is 19.6 Å². The number of carboxylic acid groups (broad SMARTS) is 1. The summed E-state index contributed by atoms with van der Waals surface area (Å²) >= 11 is 0. The third kappa shape index (κ3) is 8.77. The second-order valence-electron chi connectivity index (χ2n) is 7.30. The average molecular weight is 365 g/mol. The molecule has 0 aromatic rings. The number of aliphatic carboxylic acids is 1. The predicted molar refractivity (Wildman–Crippen MR) is 109 cm³/mol. The number of rotatable bonds is 17. The highest BCUT2D eigenvalue weighted by atomic mass is 16.4. The van der Waals surface area contributed by atoms with Crippen molar-refractivity contribution in [2.24, 2.45) is 10.7 Å². The molecule has 0 bridgehead atoms. The van der Waals surface area contributed by atoms with Crippen LogP contribution < -0.4 is 5.73 Å². The zero-order valence-corrected chi connectivity index (χ0v) is 16.4. The van der Waals surface area contributed by atoms with Gasteiger partial charge in [0.2, 0.25) is 5.84 Å². The number of hydrogen-bond acceptors (Lipinski definition) is 3. The number of carbonyl (C=O) groups is 1. The Bertz CT molecular complexity index is 474. The van der Waals surface area contributed by atoms with Gasteiger partial charge in [0.25, 0.3) is 0 Å². The summed E-state index contributed by atoms with van der Waals surface area (Å²) in [6.45, 7) is 4.86. The molecule has 1 atom stereocenters. The number of quaternary nitrogens is 1. The topological polar surface area (TPSA) is 75.7 Å². The maximum atomic E-state index is 11.2. The summed E-state index contributed by atoms with van der Waals surface area (Å²) in [5.41, 5.74) is 5.70. The van der Waals surface area contributed by atoms with Crippen molar-refractivity contribution in [1.29, 1.82) is 0 Å². The lowest BCUT2D eigenvalue weighted by Crippen LogP contribution is -2.52. The van der Waals surface area contributed by atoms with Crippen molar-refractivity contribution in [3.05, 3.63) is 25.1 Å². The minimum atomic E-state index is -0.804. The van der Waals surface area contributed by atoms with E-state index in [0.717, 1.165) is 25.1 Å². The van der Waals surface area contributed by atoms with Crippen LogP contribution in [-0.2, 0) is 4.79 Å². The summed E-state index contributed by atoms with van der Waals surface area (Å²) in [5, 5.41) is 9.21. The van der Waals surface area contributed by atoms with Gasteiger partial charge in [0, 0.05) is 13.0 Å². The van der Waals surface area contributed by atoms with Crippen LogP contribution in [0, 0.1) is 0 Å². The van der Waals surface area contributed by atoms with Crippen LogP contribution >= 0.6 is 0 Å². The van der Waals surface area contributed by atoms with Gasteiger partial charge in [0.15, 0.2) is 6.54 Å². The van der Waals surface area contributed by atoms with Gasteiger partial charge in [-0.2, -0.15) is 0 Å². The van der Waals surface area contributed by atoms with E-state index in [1.807, 2.05) is 12.3 Å². The number of nitrogens with zero attached hydrogens (tertiary/aromatic N) is 2. The van der Waals surface area contributed by atoms with Gasteiger partial charge in [-0.3, -0.25) is 0 Å². The van der Waals surface area contributed by atoms with E-state index in [9.17, 15) is 9.90 Å². The lowest BCUT2D eigenvalue weighted by molar-refractivity contribution is -0.778. The minimum Gasteiger partial charge on any atom is -0.477 e. The standard InChI is InChI=1S/C21H37N3O2/c1-2-3-4-5-6-7-8-9-10-11-12-13-14-20-23-16-18-24(20,17-15-22)19-21(25)26/h2,16,18H,1,3-15,17,19,22H2/p+1. The van der Waals surface area contributed by atoms with Crippen molar-refractivity contribution in [3.63, 3.8) is 0 Å². The molecule has 3 N–H and O–H groups in total. The third-order valence-corrected chi connectivity index (χ3v) is 5.09. The second-order valence-corrected chi connectivity index (χ2v) is 7.30. The fourth-order valence-corrected chi connectivity index (χ4v) is 3.62. The van der Waals surface area contributed by atoms with E-state index in [1.165, 1.54) is 57.8 Å². The summed E-state index contributed by atoms with van der Waals surface area (Å²) in [4.78, 5) is 15.6. The van der Waals surface area contributed by atoms with E-state index >= 15 is 0 Å². The molecule has 1 unspecified atom stereocenters. The fourth-order valence-electron chi connectivity index (χ4n) is 3.62. The zero-order valence-electron chi connectivity index (χ0n) is 16.4. The van der Waals surface area contributed by atoms with Crippen molar-refractivity contribution in [2.45, 2.75) is 77.0 Å². The van der Waals surface area contributed by atoms with Crippen molar-refractivity contribution in [1.82, 2.24) is 0 Å². The van der Waals surface area contributed by atoms with Crippen molar-refractivity contribution < 1.29 is 14.4 Å². The number of carboxylic acids is 1. The first-order valence-electron chi connectivity index (χ1n) is 10.3. The van der Waals surface area contributed by atoms with Crippen LogP contribution in [-0.4, -0.2) is 41.0 Å². The average Bonchev–Trinajstić information content (AvgIpc) is 2.97. The molecule has 0 saturated heterocycles. The molecule has 0 radical (unpaired) electrons. The predicted octanol–water partition coefficient (Wildman–Crippen LogP) is 4.60. The molecule has 0 aromatic heterocycles. The highest BCUT2D eigenvalue weighted by Gasteiger charge is 2.36. The first-order chi connectivity index (χ1) is 12.6. The minimum absolute atomic E-state index is 0.0410. The maximum Gasteiger partial charge on any atom is 0.360 e. The van der Waals surface area contributed by atoms with Crippen LogP contribution in [0.15, 0.2) is 30.0 Å². The van der Waals surface area contributed by atoms with E-state index in [0.29, 0.717) is 17.6 Å². The summed E-state index contributed by atoms with van der Waals surface area (Å²) in [5.74, 6) is 0.152. The summed E-state index contributed by atoms with van der Waals surface area (Å²) in [6.07, 6.45) is 20.5. The fraction of sp³-hybridized carbons (Fsp3) is 0.714. The molecule has 0 saturated carbocycles. The molecule has 0 aliphatic carbocycles. The lowest BCUT2D eigenvalue weighted by Gasteiger charge is -2.30. The maximum absolute atomic E-state index is 11.2. The summed E-state index contributed by atoms with van der Waals surface area (Å²) in [7, 11) is 0. The van der Waals surface area contributed by atoms with Gasteiger partial charge in [-0.25, -0.2) is 14.3 Å². The molecule has 0 fully saturated rings. The second kappa shape index (κ2) is 13.7. The molecular weight excluding hydrogens is 326 g/mol. The Morgan fingerprint density at radius 3 is 2.19 bits per heavy atom. The van der Waals surface area contributed by atoms with Gasteiger partial charge in [0.05, 0.1) is 6.20 Å². The molecule has 0 aromatic carbocycles. The van der Waals surface area contributed by atoms with Gasteiger partial charge in [-0.1, -0.05) is 57.4 Å². The van der Waals surface area contributed by atoms with Gasteiger partial charge >= 0.3 is 5.97 Å². The first-order valence-corrected chi connectivity index (χ1v) is 10.3. The number of nitrogens with two attached hydrogens (primary N) is 1. The van der Waals surface area contributed by atoms with Crippen molar-refractivity contribution >= 4 is 11.8 Å². The number of allylic oxidation sites excluding steroid dienone is 1. The highest BCUT2D eigenvalue weighted by molar-refractivity contribution is 5.81. The van der Waals surface area contributed by atoms with Gasteiger partial charge in [-0.05, 0) is 19.3 Å². The smallest absolute Gasteiger partial charge is 0.360 e. The van der Waals surface area contributed by atoms with Crippen LogP contribution in [0.2, 0.25) is 0 Å². The quantitative estimate of drug-likeness (QED) is 0.225. The number of aliphatic imine (C=N–C) groups is 1. The number of unbranched alkanes of at least 4 members (excludes halogenated alkanes) is 10. The van der Waals surface area contributed by atoms with Crippen molar-refractivity contribution in [3.8, 4) is 0 Å². The molecule has 0 amide bonds. The van der Waals surface area contributed by atoms with E-state index in [1.54, 1.807) is 6.20 Å². The molecule has 1 aliphatic rings. The van der Waals surface area contributed by atoms with Crippen LogP contribution in [0.1, 0.15) is 77.0 Å². The van der Waals surface area contributed by atoms with Gasteiger partial charge in [-0.15, -0.1) is 6.58 Å². The molecular formula is C21H38N3O2+. The Balaban J connectivity index is 2.10. The zero-order chi connectivity index (χ0) is 19.1. The molecule has 26 heavy (non-hydrogen) atoms. The van der Waals surface area contributed by atoms with Gasteiger partial charge < -0.3 is 10.8 Å². The SMILES string of the molecule is C=CCCCCCCCCCCCCC1=NC=C[N+]1(CCN)CC(=O)O. The van der Waals surface area contributed by atoms with E-state index in [-0.39, 0.29) is 6.54 Å². The Morgan fingerprint density at radius 1 is 1.08 bits per heavy atom. The first kappa shape index (κ1) is 22.6. The number of amidine groups is 1. The Hall–Kier alpha value is -1.46. The normalized spacial score (nSPS) is 18.9. The molecule has 148 valence electrons. The Morgan fingerprint density at radius 2 is 1.65 bits per heavy atom. The molecule has 1 aliphatic heterocycles. The molecule has 1 rings (SSSR count). The number of hydrogen-bond donors (Lipinski definition) is 2. The summed E-state index contributed by atoms with van der Waals surface area (Å²) < 4.78 is 0.303. The van der Waals surface area contributed by atoms with E-state index < -0.39 is 5.97 Å². The van der Waals surface area contributed by atoms with Gasteiger partial charge in [0.1, 0.15) is 12.7 Å². The van der Waals surface area contributed by atoms with Crippen LogP contribution in [0.5, 0.6) is 0 Å². The lowest BCUT2D eigenvalue weighted by atomic mass is 10.0. The molecule has 5 heteroatoms. The highest BCUT2D eigenvalue weighted by Crippen LogP contribution is 2.21. The summed E-state index contributed by atoms with van der Waals surface area (Å²) in [6, 6.07) is 0. The van der Waals surface area contributed by atoms with Crippen LogP contribution in [0.25, 0.3) is 0 Å². The monoisotopic (exact) mass is 364 g/mol. The Labute approximate surface area is 159 Å². The molecule has 0 spiro atoms. The largest absolute Gasteiger partial charge is 0.477 e. The molecule has 1 heterocycles. The van der Waals surface area contributed by atoms with E-state index in [4.69, 9.17) is 5.73 Å².